The largest absolute Gasteiger partial charge is 0.454 e. The van der Waals surface area contributed by atoms with Gasteiger partial charge in [0.05, 0.1) is 0 Å². The third-order valence-corrected chi connectivity index (χ3v) is 3.34. The SMILES string of the molecule is Cc1cc(Oc2ccc(Br)cc2F)ccc1CCN. The molecule has 0 saturated heterocycles. The molecule has 2 aromatic rings. The first kappa shape index (κ1) is 14.0. The minimum atomic E-state index is -0.391. The summed E-state index contributed by atoms with van der Waals surface area (Å²) in [5, 5.41) is 0. The highest BCUT2D eigenvalue weighted by Gasteiger charge is 2.06. The summed E-state index contributed by atoms with van der Waals surface area (Å²) < 4.78 is 19.9. The molecule has 0 saturated carbocycles. The van der Waals surface area contributed by atoms with Gasteiger partial charge in [-0.2, -0.15) is 0 Å². The number of ether oxygens (including phenoxy) is 1. The van der Waals surface area contributed by atoms with E-state index in [4.69, 9.17) is 10.5 Å². The first-order chi connectivity index (χ1) is 9.10. The quantitative estimate of drug-likeness (QED) is 0.915. The van der Waals surface area contributed by atoms with Crippen LogP contribution in [-0.2, 0) is 6.42 Å². The highest BCUT2D eigenvalue weighted by atomic mass is 79.9. The standard InChI is InChI=1S/C15H15BrFNO/c1-10-8-13(4-2-11(10)6-7-18)19-15-5-3-12(16)9-14(15)17/h2-5,8-9H,6-7,18H2,1H3. The lowest BCUT2D eigenvalue weighted by atomic mass is 10.1. The van der Waals surface area contributed by atoms with Crippen LogP contribution >= 0.6 is 15.9 Å². The van der Waals surface area contributed by atoms with Gasteiger partial charge in [0.25, 0.3) is 0 Å². The number of aryl methyl sites for hydroxylation is 1. The third kappa shape index (κ3) is 3.55. The molecule has 100 valence electrons. The molecule has 0 aliphatic carbocycles. The average Bonchev–Trinajstić information content (AvgIpc) is 2.36. The molecule has 19 heavy (non-hydrogen) atoms. The van der Waals surface area contributed by atoms with Crippen molar-refractivity contribution in [3.8, 4) is 11.5 Å². The molecule has 0 bridgehead atoms. The van der Waals surface area contributed by atoms with Gasteiger partial charge in [-0.1, -0.05) is 22.0 Å². The van der Waals surface area contributed by atoms with E-state index in [1.807, 2.05) is 25.1 Å². The van der Waals surface area contributed by atoms with Crippen molar-refractivity contribution >= 4 is 15.9 Å². The van der Waals surface area contributed by atoms with Crippen molar-refractivity contribution in [3.63, 3.8) is 0 Å². The summed E-state index contributed by atoms with van der Waals surface area (Å²) in [6.45, 7) is 2.61. The molecule has 0 aromatic heterocycles. The summed E-state index contributed by atoms with van der Waals surface area (Å²) in [4.78, 5) is 0. The molecule has 2 aromatic carbocycles. The van der Waals surface area contributed by atoms with Crippen LogP contribution in [0.25, 0.3) is 0 Å². The van der Waals surface area contributed by atoms with Crippen LogP contribution in [0, 0.1) is 12.7 Å². The lowest BCUT2D eigenvalue weighted by Crippen LogP contribution is -2.04. The number of halogens is 2. The second-order valence-electron chi connectivity index (χ2n) is 4.30. The van der Waals surface area contributed by atoms with E-state index in [0.29, 0.717) is 16.8 Å². The van der Waals surface area contributed by atoms with Gasteiger partial charge >= 0.3 is 0 Å². The molecule has 0 atom stereocenters. The lowest BCUT2D eigenvalue weighted by molar-refractivity contribution is 0.441. The van der Waals surface area contributed by atoms with Crippen molar-refractivity contribution in [3.05, 3.63) is 57.8 Å². The highest BCUT2D eigenvalue weighted by molar-refractivity contribution is 9.10. The smallest absolute Gasteiger partial charge is 0.166 e. The molecule has 2 rings (SSSR count). The van der Waals surface area contributed by atoms with Crippen molar-refractivity contribution in [2.45, 2.75) is 13.3 Å². The predicted octanol–water partition coefficient (Wildman–Crippen LogP) is 4.19. The van der Waals surface area contributed by atoms with Crippen molar-refractivity contribution in [2.24, 2.45) is 5.73 Å². The fraction of sp³-hybridized carbons (Fsp3) is 0.200. The lowest BCUT2D eigenvalue weighted by Gasteiger charge is -2.10. The summed E-state index contributed by atoms with van der Waals surface area (Å²) in [5.41, 5.74) is 7.82. The van der Waals surface area contributed by atoms with E-state index < -0.39 is 5.82 Å². The number of nitrogens with two attached hydrogens (primary N) is 1. The Morgan fingerprint density at radius 3 is 2.63 bits per heavy atom. The zero-order valence-electron chi connectivity index (χ0n) is 10.6. The topological polar surface area (TPSA) is 35.2 Å². The summed E-state index contributed by atoms with van der Waals surface area (Å²) in [7, 11) is 0. The zero-order valence-corrected chi connectivity index (χ0v) is 12.2. The first-order valence-electron chi connectivity index (χ1n) is 6.02. The molecular formula is C15H15BrFNO. The fourth-order valence-electron chi connectivity index (χ4n) is 1.85. The summed E-state index contributed by atoms with van der Waals surface area (Å²) in [6, 6.07) is 10.4. The van der Waals surface area contributed by atoms with Gasteiger partial charge in [-0.3, -0.25) is 0 Å². The van der Waals surface area contributed by atoms with E-state index in [1.165, 1.54) is 11.6 Å². The van der Waals surface area contributed by atoms with Crippen LogP contribution in [0.1, 0.15) is 11.1 Å². The molecule has 0 aliphatic rings. The molecule has 0 aliphatic heterocycles. The van der Waals surface area contributed by atoms with Gasteiger partial charge < -0.3 is 10.5 Å². The maximum atomic E-state index is 13.7. The monoisotopic (exact) mass is 323 g/mol. The van der Waals surface area contributed by atoms with Crippen LogP contribution in [-0.4, -0.2) is 6.54 Å². The van der Waals surface area contributed by atoms with Gasteiger partial charge in [0, 0.05) is 4.47 Å². The van der Waals surface area contributed by atoms with E-state index in [0.717, 1.165) is 12.0 Å². The Morgan fingerprint density at radius 2 is 2.00 bits per heavy atom. The van der Waals surface area contributed by atoms with Crippen LogP contribution in [0.5, 0.6) is 11.5 Å². The molecule has 2 nitrogen and oxygen atoms in total. The number of hydrogen-bond acceptors (Lipinski definition) is 2. The van der Waals surface area contributed by atoms with Crippen molar-refractivity contribution < 1.29 is 9.13 Å². The Bertz CT molecular complexity index is 586. The van der Waals surface area contributed by atoms with E-state index >= 15 is 0 Å². The highest BCUT2D eigenvalue weighted by Crippen LogP contribution is 2.28. The van der Waals surface area contributed by atoms with Gasteiger partial charge in [0.2, 0.25) is 0 Å². The Morgan fingerprint density at radius 1 is 1.21 bits per heavy atom. The minimum absolute atomic E-state index is 0.217. The average molecular weight is 324 g/mol. The molecule has 2 N–H and O–H groups in total. The summed E-state index contributed by atoms with van der Waals surface area (Å²) in [5.74, 6) is 0.451. The van der Waals surface area contributed by atoms with Gasteiger partial charge in [-0.25, -0.2) is 4.39 Å². The second kappa shape index (κ2) is 6.17. The van der Waals surface area contributed by atoms with Crippen LogP contribution in [0.2, 0.25) is 0 Å². The van der Waals surface area contributed by atoms with Crippen LogP contribution in [0.4, 0.5) is 4.39 Å². The van der Waals surface area contributed by atoms with Crippen molar-refractivity contribution in [2.75, 3.05) is 6.54 Å². The van der Waals surface area contributed by atoms with Crippen molar-refractivity contribution in [1.29, 1.82) is 0 Å². The molecule has 0 spiro atoms. The Kier molecular flexibility index (Phi) is 4.56. The molecule has 0 amide bonds. The Labute approximate surface area is 120 Å². The first-order valence-corrected chi connectivity index (χ1v) is 6.82. The van der Waals surface area contributed by atoms with Gasteiger partial charge in [-0.05, 0) is 61.3 Å². The molecule has 4 heteroatoms. The van der Waals surface area contributed by atoms with E-state index in [2.05, 4.69) is 15.9 Å². The molecule has 0 fully saturated rings. The van der Waals surface area contributed by atoms with Crippen LogP contribution < -0.4 is 10.5 Å². The number of rotatable bonds is 4. The van der Waals surface area contributed by atoms with Crippen LogP contribution in [0.15, 0.2) is 40.9 Å². The maximum absolute atomic E-state index is 13.7. The maximum Gasteiger partial charge on any atom is 0.166 e. The molecule has 0 radical (unpaired) electrons. The van der Waals surface area contributed by atoms with Crippen molar-refractivity contribution in [1.82, 2.24) is 0 Å². The second-order valence-corrected chi connectivity index (χ2v) is 5.22. The van der Waals surface area contributed by atoms with Crippen LogP contribution in [0.3, 0.4) is 0 Å². The minimum Gasteiger partial charge on any atom is -0.454 e. The fourth-order valence-corrected chi connectivity index (χ4v) is 2.19. The van der Waals surface area contributed by atoms with E-state index in [1.54, 1.807) is 12.1 Å². The number of benzene rings is 2. The Hall–Kier alpha value is -1.39. The van der Waals surface area contributed by atoms with Gasteiger partial charge in [0.15, 0.2) is 11.6 Å². The Balaban J connectivity index is 2.21. The molecular weight excluding hydrogens is 309 g/mol. The van der Waals surface area contributed by atoms with E-state index in [9.17, 15) is 4.39 Å². The normalized spacial score (nSPS) is 10.5. The summed E-state index contributed by atoms with van der Waals surface area (Å²) >= 11 is 3.21. The zero-order chi connectivity index (χ0) is 13.8. The van der Waals surface area contributed by atoms with E-state index in [-0.39, 0.29) is 5.75 Å². The number of hydrogen-bond donors (Lipinski definition) is 1. The third-order valence-electron chi connectivity index (χ3n) is 2.85. The molecule has 0 unspecified atom stereocenters. The predicted molar refractivity (Wildman–Crippen MR) is 78.1 cm³/mol. The van der Waals surface area contributed by atoms with Gasteiger partial charge in [-0.15, -0.1) is 0 Å². The molecule has 0 heterocycles. The van der Waals surface area contributed by atoms with Gasteiger partial charge in [0.1, 0.15) is 5.75 Å². The summed E-state index contributed by atoms with van der Waals surface area (Å²) in [6.07, 6.45) is 0.832.